The highest BCUT2D eigenvalue weighted by molar-refractivity contribution is 7.16. The summed E-state index contributed by atoms with van der Waals surface area (Å²) in [6.45, 7) is 5.03. The Morgan fingerprint density at radius 3 is 2.24 bits per heavy atom. The number of rotatable bonds is 5. The molecule has 1 aliphatic heterocycles. The molecule has 1 N–H and O–H groups in total. The third-order valence-corrected chi connectivity index (χ3v) is 6.81. The highest BCUT2D eigenvalue weighted by atomic mass is 32.1. The largest absolute Gasteiger partial charge is 0.451 e. The van der Waals surface area contributed by atoms with Crippen molar-refractivity contribution in [1.82, 2.24) is 34.6 Å². The van der Waals surface area contributed by atoms with Crippen LogP contribution >= 0.6 is 11.3 Å². The Morgan fingerprint density at radius 2 is 1.71 bits per heavy atom. The predicted molar refractivity (Wildman–Crippen MR) is 122 cm³/mol. The molecule has 10 nitrogen and oxygen atoms in total. The van der Waals surface area contributed by atoms with Crippen LogP contribution in [0.4, 0.5) is 31.3 Å². The van der Waals surface area contributed by atoms with E-state index in [4.69, 9.17) is 0 Å². The van der Waals surface area contributed by atoms with Gasteiger partial charge in [-0.2, -0.15) is 31.4 Å². The molecule has 3 aromatic rings. The topological polar surface area (TPSA) is 113 Å². The lowest BCUT2D eigenvalue weighted by Crippen LogP contribution is -2.54. The van der Waals surface area contributed by atoms with Gasteiger partial charge in [-0.1, -0.05) is 11.3 Å². The zero-order valence-electron chi connectivity index (χ0n) is 20.2. The first-order valence-electron chi connectivity index (χ1n) is 11.2. The van der Waals surface area contributed by atoms with Crippen LogP contribution in [0.15, 0.2) is 18.7 Å². The third kappa shape index (κ3) is 5.87. The Morgan fingerprint density at radius 1 is 1.05 bits per heavy atom. The maximum atomic E-state index is 13.5. The van der Waals surface area contributed by atoms with Crippen molar-refractivity contribution in [1.29, 1.82) is 0 Å². The van der Waals surface area contributed by atoms with Crippen LogP contribution in [0, 0.1) is 0 Å². The van der Waals surface area contributed by atoms with Crippen molar-refractivity contribution in [2.75, 3.05) is 24.5 Å². The van der Waals surface area contributed by atoms with Gasteiger partial charge in [0.2, 0.25) is 16.7 Å². The van der Waals surface area contributed by atoms with Gasteiger partial charge in [-0.05, 0) is 20.8 Å². The van der Waals surface area contributed by atoms with Crippen LogP contribution in [0.2, 0.25) is 0 Å². The van der Waals surface area contributed by atoms with E-state index in [1.165, 1.54) is 24.9 Å². The van der Waals surface area contributed by atoms with E-state index in [0.29, 0.717) is 11.3 Å². The lowest BCUT2D eigenvalue weighted by Gasteiger charge is -2.40. The number of anilines is 1. The van der Waals surface area contributed by atoms with Gasteiger partial charge in [-0.3, -0.25) is 4.79 Å². The maximum Gasteiger partial charge on any atom is 0.451 e. The van der Waals surface area contributed by atoms with Gasteiger partial charge in [0.05, 0.1) is 0 Å². The molecule has 0 radical (unpaired) electrons. The summed E-state index contributed by atoms with van der Waals surface area (Å²) in [4.78, 5) is 30.2. The van der Waals surface area contributed by atoms with Crippen LogP contribution in [0.25, 0.3) is 11.3 Å². The number of hydrogen-bond acceptors (Lipinski definition) is 9. The average Bonchev–Trinajstić information content (AvgIpc) is 3.46. The number of carbonyl (C=O) groups excluding carboxylic acids is 1. The fraction of sp³-hybridized carbons (Fsp3) is 0.524. The molecule has 1 atom stereocenters. The second-order valence-corrected chi connectivity index (χ2v) is 10.1. The van der Waals surface area contributed by atoms with E-state index in [-0.39, 0.29) is 54.2 Å². The number of thiazole rings is 1. The molecule has 1 amide bonds. The molecule has 0 spiro atoms. The molecule has 4 rings (SSSR count). The van der Waals surface area contributed by atoms with Gasteiger partial charge < -0.3 is 14.9 Å². The molecule has 0 saturated carbocycles. The van der Waals surface area contributed by atoms with Gasteiger partial charge in [-0.15, -0.1) is 0 Å². The summed E-state index contributed by atoms with van der Waals surface area (Å²) in [5.41, 5.74) is -1.57. The first-order valence-corrected chi connectivity index (χ1v) is 12.0. The maximum absolute atomic E-state index is 13.5. The van der Waals surface area contributed by atoms with Crippen molar-refractivity contribution in [2.24, 2.45) is 0 Å². The number of aliphatic hydroxyl groups is 1. The van der Waals surface area contributed by atoms with Gasteiger partial charge >= 0.3 is 12.4 Å². The normalized spacial score (nSPS) is 17.3. The fourth-order valence-electron chi connectivity index (χ4n) is 3.83. The number of carbonyl (C=O) groups is 1. The molecule has 0 aliphatic carbocycles. The average molecular weight is 565 g/mol. The van der Waals surface area contributed by atoms with E-state index < -0.39 is 34.8 Å². The van der Waals surface area contributed by atoms with Crippen LogP contribution in [-0.2, 0) is 29.3 Å². The highest BCUT2D eigenvalue weighted by Gasteiger charge is 2.39. The number of aromatic nitrogens is 6. The van der Waals surface area contributed by atoms with Gasteiger partial charge in [0.25, 0.3) is 0 Å². The Kier molecular flexibility index (Phi) is 7.11. The number of alkyl halides is 6. The molecular weight excluding hydrogens is 542 g/mol. The minimum absolute atomic E-state index is 0.0886. The molecule has 0 aromatic carbocycles. The monoisotopic (exact) mass is 564 g/mol. The van der Waals surface area contributed by atoms with Crippen LogP contribution in [-0.4, -0.2) is 71.3 Å². The number of amides is 1. The second kappa shape index (κ2) is 9.76. The molecule has 38 heavy (non-hydrogen) atoms. The van der Waals surface area contributed by atoms with Gasteiger partial charge in [0.15, 0.2) is 5.82 Å². The predicted octanol–water partition coefficient (Wildman–Crippen LogP) is 3.19. The zero-order valence-corrected chi connectivity index (χ0v) is 21.1. The summed E-state index contributed by atoms with van der Waals surface area (Å²) in [7, 11) is 0. The van der Waals surface area contributed by atoms with Crippen molar-refractivity contribution in [2.45, 2.75) is 51.3 Å². The Balaban J connectivity index is 1.54. The molecule has 0 unspecified atom stereocenters. The minimum Gasteiger partial charge on any atom is -0.382 e. The van der Waals surface area contributed by atoms with Crippen molar-refractivity contribution in [3.63, 3.8) is 0 Å². The van der Waals surface area contributed by atoms with E-state index in [2.05, 4.69) is 25.0 Å². The van der Waals surface area contributed by atoms with E-state index in [1.807, 2.05) is 0 Å². The van der Waals surface area contributed by atoms with Gasteiger partial charge in [-0.25, -0.2) is 24.6 Å². The van der Waals surface area contributed by atoms with Crippen LogP contribution < -0.4 is 4.90 Å². The number of hydrogen-bond donors (Lipinski definition) is 1. The van der Waals surface area contributed by atoms with E-state index in [0.717, 1.165) is 12.4 Å². The van der Waals surface area contributed by atoms with Gasteiger partial charge in [0, 0.05) is 43.6 Å². The van der Waals surface area contributed by atoms with Crippen molar-refractivity contribution in [3.05, 3.63) is 35.4 Å². The quantitative estimate of drug-likeness (QED) is 0.471. The fourth-order valence-corrected chi connectivity index (χ4v) is 4.82. The number of piperazine rings is 1. The van der Waals surface area contributed by atoms with Crippen molar-refractivity contribution in [3.8, 4) is 11.3 Å². The SMILES string of the molecule is C[C@@H]1CN(c2sc(C(F)(F)F)nc2-c2cnc(C(F)(F)F)nc2)CCN1C(=O)Cn1cnc(C(C)(C)O)n1. The Labute approximate surface area is 216 Å². The minimum atomic E-state index is -4.80. The molecule has 206 valence electrons. The molecule has 4 heterocycles. The lowest BCUT2D eigenvalue weighted by molar-refractivity contribution is -0.145. The summed E-state index contributed by atoms with van der Waals surface area (Å²) >= 11 is 0.359. The summed E-state index contributed by atoms with van der Waals surface area (Å²) in [5.74, 6) is -1.58. The summed E-state index contributed by atoms with van der Waals surface area (Å²) < 4.78 is 80.2. The summed E-state index contributed by atoms with van der Waals surface area (Å²) in [5, 5.41) is 13.0. The van der Waals surface area contributed by atoms with E-state index in [9.17, 15) is 36.2 Å². The molecule has 1 fully saturated rings. The van der Waals surface area contributed by atoms with Gasteiger partial charge in [0.1, 0.15) is 29.2 Å². The standard InChI is InChI=1S/C21H22F6N8O2S/c1-11-8-33(4-5-35(11)13(36)9-34-10-30-16(32-34)19(2,3)37)15-14(31-18(38-15)21(25,26)27)12-6-28-17(29-7-12)20(22,23)24/h6-7,10-11,37H,4-5,8-9H2,1-3H3/t11-/m1/s1. The zero-order chi connectivity index (χ0) is 28.0. The highest BCUT2D eigenvalue weighted by Crippen LogP contribution is 2.43. The molecule has 17 heteroatoms. The number of halogens is 6. The lowest BCUT2D eigenvalue weighted by atomic mass is 10.1. The first-order chi connectivity index (χ1) is 17.5. The summed E-state index contributed by atoms with van der Waals surface area (Å²) in [6, 6.07) is -0.429. The second-order valence-electron chi connectivity index (χ2n) is 9.17. The first kappa shape index (κ1) is 27.7. The molecule has 1 saturated heterocycles. The summed E-state index contributed by atoms with van der Waals surface area (Å²) in [6.07, 6.45) is -6.68. The molecule has 1 aliphatic rings. The van der Waals surface area contributed by atoms with Crippen LogP contribution in [0.3, 0.4) is 0 Å². The molecular formula is C21H22F6N8O2S. The Bertz CT molecular complexity index is 1300. The van der Waals surface area contributed by atoms with Crippen LogP contribution in [0.5, 0.6) is 0 Å². The Hall–Kier alpha value is -3.34. The number of nitrogens with zero attached hydrogens (tertiary/aromatic N) is 8. The smallest absolute Gasteiger partial charge is 0.382 e. The van der Waals surface area contributed by atoms with Crippen molar-refractivity contribution < 1.29 is 36.2 Å². The van der Waals surface area contributed by atoms with Crippen LogP contribution in [0.1, 0.15) is 37.4 Å². The van der Waals surface area contributed by atoms with E-state index >= 15 is 0 Å². The molecule has 3 aromatic heterocycles. The van der Waals surface area contributed by atoms with E-state index in [1.54, 1.807) is 16.7 Å². The van der Waals surface area contributed by atoms with Crippen molar-refractivity contribution >= 4 is 22.2 Å². The molecule has 0 bridgehead atoms. The third-order valence-electron chi connectivity index (χ3n) is 5.65.